The van der Waals surface area contributed by atoms with Gasteiger partial charge in [-0.3, -0.25) is 9.69 Å². The molecule has 0 atom stereocenters. The number of thioether (sulfide) groups is 1. The van der Waals surface area contributed by atoms with Gasteiger partial charge in [-0.05, 0) is 31.8 Å². The summed E-state index contributed by atoms with van der Waals surface area (Å²) in [6, 6.07) is 1.55. The van der Waals surface area contributed by atoms with Gasteiger partial charge in [0.25, 0.3) is 5.56 Å². The Morgan fingerprint density at radius 1 is 1.41 bits per heavy atom. The Kier molecular flexibility index (Phi) is 4.52. The Hall–Kier alpha value is -1.36. The molecule has 0 unspecified atom stereocenters. The minimum Gasteiger partial charge on any atom is -0.295 e. The fraction of sp³-hybridized carbons (Fsp3) is 0.417. The van der Waals surface area contributed by atoms with Crippen LogP contribution in [0.15, 0.2) is 15.2 Å². The minimum absolute atomic E-state index is 0.138. The summed E-state index contributed by atoms with van der Waals surface area (Å²) < 4.78 is 6.13. The quantitative estimate of drug-likeness (QED) is 0.645. The van der Waals surface area contributed by atoms with Crippen molar-refractivity contribution in [2.45, 2.75) is 24.4 Å². The smallest absolute Gasteiger partial charge is 0.275 e. The molecule has 22 heavy (non-hydrogen) atoms. The topological polar surface area (TPSA) is 76.3 Å². The fourth-order valence-electron chi connectivity index (χ4n) is 1.98. The van der Waals surface area contributed by atoms with E-state index in [1.165, 1.54) is 39.1 Å². The molecule has 0 aromatic carbocycles. The monoisotopic (exact) mass is 354 g/mol. The third kappa shape index (κ3) is 3.19. The first kappa shape index (κ1) is 15.5. The van der Waals surface area contributed by atoms with Crippen LogP contribution in [0.1, 0.15) is 16.3 Å². The highest BCUT2D eigenvalue weighted by Gasteiger charge is 2.12. The van der Waals surface area contributed by atoms with Crippen LogP contribution in [0, 0.1) is 6.92 Å². The molecule has 0 saturated carbocycles. The van der Waals surface area contributed by atoms with Gasteiger partial charge in [0.15, 0.2) is 4.34 Å². The molecule has 3 aromatic heterocycles. The van der Waals surface area contributed by atoms with E-state index in [0.29, 0.717) is 11.5 Å². The number of rotatable bonds is 5. The van der Waals surface area contributed by atoms with Crippen molar-refractivity contribution in [1.82, 2.24) is 29.1 Å². The molecule has 3 heterocycles. The van der Waals surface area contributed by atoms with E-state index in [4.69, 9.17) is 0 Å². The number of aromatic nitrogens is 5. The number of hydrogen-bond donors (Lipinski definition) is 0. The van der Waals surface area contributed by atoms with Gasteiger partial charge in [0, 0.05) is 19.2 Å². The van der Waals surface area contributed by atoms with Crippen LogP contribution in [0.2, 0.25) is 0 Å². The van der Waals surface area contributed by atoms with Crippen molar-refractivity contribution in [3.63, 3.8) is 0 Å². The third-order valence-electron chi connectivity index (χ3n) is 3.04. The molecule has 0 fully saturated rings. The molecular weight excluding hydrogens is 340 g/mol. The van der Waals surface area contributed by atoms with Crippen molar-refractivity contribution in [2.24, 2.45) is 0 Å². The van der Waals surface area contributed by atoms with Gasteiger partial charge in [0.1, 0.15) is 0 Å². The van der Waals surface area contributed by atoms with E-state index in [1.54, 1.807) is 6.07 Å². The lowest BCUT2D eigenvalue weighted by molar-refractivity contribution is 0.317. The van der Waals surface area contributed by atoms with E-state index in [2.05, 4.69) is 24.6 Å². The summed E-state index contributed by atoms with van der Waals surface area (Å²) >= 11 is 4.34. The highest BCUT2D eigenvalue weighted by atomic mass is 32.2. The predicted octanol–water partition coefficient (Wildman–Crippen LogP) is 1.66. The molecule has 0 radical (unpaired) electrons. The molecule has 0 aliphatic carbocycles. The van der Waals surface area contributed by atoms with Crippen LogP contribution in [0.5, 0.6) is 0 Å². The van der Waals surface area contributed by atoms with Crippen molar-refractivity contribution in [2.75, 3.05) is 13.3 Å². The first-order valence-electron chi connectivity index (χ1n) is 6.47. The molecule has 0 bridgehead atoms. The van der Waals surface area contributed by atoms with Gasteiger partial charge in [0.2, 0.25) is 4.96 Å². The molecule has 116 valence electrons. The van der Waals surface area contributed by atoms with E-state index in [1.807, 2.05) is 20.2 Å². The first-order chi connectivity index (χ1) is 10.6. The van der Waals surface area contributed by atoms with E-state index in [0.717, 1.165) is 27.1 Å². The molecular formula is C12H14N6OS3. The van der Waals surface area contributed by atoms with Crippen LogP contribution in [0.25, 0.3) is 4.96 Å². The van der Waals surface area contributed by atoms with Crippen LogP contribution >= 0.6 is 34.6 Å². The Labute approximate surface area is 139 Å². The predicted molar refractivity (Wildman–Crippen MR) is 88.7 cm³/mol. The standard InChI is InChI=1S/C12H14N6OS3/c1-7-9(22-16-14-7)6-17(2)5-8-4-10(19)18-11(13-8)21-12(15-18)20-3/h4H,5-6H2,1-3H3. The molecule has 7 nitrogen and oxygen atoms in total. The second-order valence-electron chi connectivity index (χ2n) is 4.81. The summed E-state index contributed by atoms with van der Waals surface area (Å²) in [4.78, 5) is 20.5. The van der Waals surface area contributed by atoms with E-state index < -0.39 is 0 Å². The van der Waals surface area contributed by atoms with Gasteiger partial charge >= 0.3 is 0 Å². The number of nitrogens with zero attached hydrogens (tertiary/aromatic N) is 6. The maximum absolute atomic E-state index is 12.1. The van der Waals surface area contributed by atoms with Crippen LogP contribution in [0.3, 0.4) is 0 Å². The largest absolute Gasteiger partial charge is 0.295 e. The molecule has 10 heteroatoms. The summed E-state index contributed by atoms with van der Waals surface area (Å²) in [6.07, 6.45) is 1.93. The molecule has 3 aromatic rings. The van der Waals surface area contributed by atoms with Crippen LogP contribution in [-0.4, -0.2) is 42.4 Å². The molecule has 0 saturated heterocycles. The average molecular weight is 354 g/mol. The summed E-state index contributed by atoms with van der Waals surface area (Å²) in [7, 11) is 1.99. The molecule has 0 spiro atoms. The molecule has 0 N–H and O–H groups in total. The first-order valence-corrected chi connectivity index (χ1v) is 9.28. The van der Waals surface area contributed by atoms with E-state index in [-0.39, 0.29) is 5.56 Å². The second-order valence-corrected chi connectivity index (χ2v) is 7.65. The summed E-state index contributed by atoms with van der Waals surface area (Å²) in [5, 5.41) is 8.23. The zero-order chi connectivity index (χ0) is 15.7. The van der Waals surface area contributed by atoms with Crippen molar-refractivity contribution in [3.05, 3.63) is 32.7 Å². The summed E-state index contributed by atoms with van der Waals surface area (Å²) in [5.74, 6) is 0. The van der Waals surface area contributed by atoms with Crippen LogP contribution in [-0.2, 0) is 13.1 Å². The highest BCUT2D eigenvalue weighted by Crippen LogP contribution is 2.20. The second kappa shape index (κ2) is 6.41. The van der Waals surface area contributed by atoms with Gasteiger partial charge in [-0.25, -0.2) is 4.98 Å². The molecule has 0 aliphatic rings. The van der Waals surface area contributed by atoms with Crippen molar-refractivity contribution < 1.29 is 0 Å². The van der Waals surface area contributed by atoms with Gasteiger partial charge in [0.05, 0.1) is 16.3 Å². The molecule has 0 amide bonds. The summed E-state index contributed by atoms with van der Waals surface area (Å²) in [6.45, 7) is 3.28. The SMILES string of the molecule is CSc1nn2c(=O)cc(CN(C)Cc3snnc3C)nc2s1. The van der Waals surface area contributed by atoms with Gasteiger partial charge in [-0.1, -0.05) is 27.6 Å². The Morgan fingerprint density at radius 2 is 2.23 bits per heavy atom. The summed E-state index contributed by atoms with van der Waals surface area (Å²) in [5.41, 5.74) is 1.56. The lowest BCUT2D eigenvalue weighted by Crippen LogP contribution is -2.21. The van der Waals surface area contributed by atoms with Crippen molar-refractivity contribution in [1.29, 1.82) is 0 Å². The average Bonchev–Trinajstić information content (AvgIpc) is 3.06. The normalized spacial score (nSPS) is 11.6. The van der Waals surface area contributed by atoms with Crippen LogP contribution < -0.4 is 5.56 Å². The van der Waals surface area contributed by atoms with Crippen molar-refractivity contribution in [3.8, 4) is 0 Å². The molecule has 0 aliphatic heterocycles. The lowest BCUT2D eigenvalue weighted by Gasteiger charge is -2.14. The lowest BCUT2D eigenvalue weighted by atomic mass is 10.3. The maximum atomic E-state index is 12.1. The van der Waals surface area contributed by atoms with Crippen LogP contribution in [0.4, 0.5) is 0 Å². The number of hydrogen-bond acceptors (Lipinski definition) is 9. The fourth-order valence-corrected chi connectivity index (χ4v) is 4.07. The number of aryl methyl sites for hydroxylation is 1. The van der Waals surface area contributed by atoms with Crippen molar-refractivity contribution >= 4 is 39.6 Å². The van der Waals surface area contributed by atoms with E-state index >= 15 is 0 Å². The zero-order valence-electron chi connectivity index (χ0n) is 12.3. The Bertz CT molecular complexity index is 854. The minimum atomic E-state index is -0.138. The van der Waals surface area contributed by atoms with E-state index in [9.17, 15) is 4.79 Å². The molecule has 3 rings (SSSR count). The Morgan fingerprint density at radius 3 is 2.91 bits per heavy atom. The highest BCUT2D eigenvalue weighted by molar-refractivity contribution is 8.00. The van der Waals surface area contributed by atoms with Gasteiger partial charge in [-0.2, -0.15) is 4.52 Å². The Balaban J connectivity index is 1.81. The van der Waals surface area contributed by atoms with Gasteiger partial charge < -0.3 is 0 Å². The zero-order valence-corrected chi connectivity index (χ0v) is 14.8. The number of fused-ring (bicyclic) bond motifs is 1. The maximum Gasteiger partial charge on any atom is 0.275 e. The van der Waals surface area contributed by atoms with Gasteiger partial charge in [-0.15, -0.1) is 10.2 Å². The third-order valence-corrected chi connectivity index (χ3v) is 5.74.